The van der Waals surface area contributed by atoms with Crippen molar-refractivity contribution in [1.29, 1.82) is 0 Å². The van der Waals surface area contributed by atoms with Crippen LogP contribution in [-0.2, 0) is 0 Å². The second-order valence-corrected chi connectivity index (χ2v) is 3.90. The third kappa shape index (κ3) is 3.33. The minimum absolute atomic E-state index is 0.932. The number of hydrogen-bond acceptors (Lipinski definition) is 1. The molecule has 13 heavy (non-hydrogen) atoms. The van der Waals surface area contributed by atoms with Crippen molar-refractivity contribution in [1.82, 2.24) is 5.32 Å². The molecule has 0 saturated carbocycles. The lowest BCUT2D eigenvalue weighted by Crippen LogP contribution is -2.08. The van der Waals surface area contributed by atoms with Crippen molar-refractivity contribution < 1.29 is 0 Å². The highest BCUT2D eigenvalue weighted by Gasteiger charge is 1.94. The predicted molar refractivity (Wildman–Crippen MR) is 61.7 cm³/mol. The molecule has 0 spiro atoms. The average Bonchev–Trinajstić information content (AvgIpc) is 2.09. The van der Waals surface area contributed by atoms with E-state index in [1.807, 2.05) is 19.2 Å². The summed E-state index contributed by atoms with van der Waals surface area (Å²) in [6, 6.07) is 8.22. The van der Waals surface area contributed by atoms with Crippen molar-refractivity contribution >= 4 is 22.0 Å². The van der Waals surface area contributed by atoms with Gasteiger partial charge in [0.05, 0.1) is 0 Å². The van der Waals surface area contributed by atoms with Crippen LogP contribution in [0.15, 0.2) is 34.3 Å². The van der Waals surface area contributed by atoms with Crippen molar-refractivity contribution in [3.05, 3.63) is 39.9 Å². The Balaban J connectivity index is 2.84. The zero-order valence-corrected chi connectivity index (χ0v) is 9.56. The van der Waals surface area contributed by atoms with Crippen LogP contribution in [0.4, 0.5) is 0 Å². The summed E-state index contributed by atoms with van der Waals surface area (Å²) in [5, 5.41) is 3.12. The Morgan fingerprint density at radius 2 is 2.15 bits per heavy atom. The van der Waals surface area contributed by atoms with Crippen molar-refractivity contribution in [2.24, 2.45) is 0 Å². The van der Waals surface area contributed by atoms with Gasteiger partial charge in [0.25, 0.3) is 0 Å². The number of hydrogen-bond donors (Lipinski definition) is 1. The molecule has 0 aromatic heterocycles. The number of rotatable bonds is 3. The molecule has 0 aliphatic carbocycles. The van der Waals surface area contributed by atoms with Crippen LogP contribution < -0.4 is 5.32 Å². The van der Waals surface area contributed by atoms with Gasteiger partial charge < -0.3 is 5.32 Å². The molecule has 0 radical (unpaired) electrons. The number of halogens is 1. The lowest BCUT2D eigenvalue weighted by molar-refractivity contribution is 0.884. The molecule has 1 rings (SSSR count). The van der Waals surface area contributed by atoms with Crippen molar-refractivity contribution in [2.75, 3.05) is 13.6 Å². The van der Waals surface area contributed by atoms with Crippen LogP contribution in [0.3, 0.4) is 0 Å². The largest absolute Gasteiger partial charge is 0.316 e. The SMILES string of the molecule is CNC/C(C)=C/c1ccccc1Br. The molecule has 2 heteroatoms. The van der Waals surface area contributed by atoms with E-state index in [1.165, 1.54) is 11.1 Å². The van der Waals surface area contributed by atoms with Gasteiger partial charge in [0.2, 0.25) is 0 Å². The summed E-state index contributed by atoms with van der Waals surface area (Å²) < 4.78 is 1.14. The average molecular weight is 240 g/mol. The Kier molecular flexibility index (Phi) is 4.19. The first-order valence-electron chi connectivity index (χ1n) is 4.30. The number of benzene rings is 1. The lowest BCUT2D eigenvalue weighted by atomic mass is 10.1. The Hall–Kier alpha value is -0.600. The first-order chi connectivity index (χ1) is 6.24. The molecule has 0 unspecified atom stereocenters. The standard InChI is InChI=1S/C11H14BrN/c1-9(8-13-2)7-10-5-3-4-6-11(10)12/h3-7,13H,8H2,1-2H3/b9-7+. The number of likely N-dealkylation sites (N-methyl/N-ethyl adjacent to an activating group) is 1. The summed E-state index contributed by atoms with van der Waals surface area (Å²) >= 11 is 3.51. The van der Waals surface area contributed by atoms with E-state index in [1.54, 1.807) is 0 Å². The minimum atomic E-state index is 0.932. The fourth-order valence-electron chi connectivity index (χ4n) is 1.19. The van der Waals surface area contributed by atoms with Crippen LogP contribution in [0.25, 0.3) is 6.08 Å². The van der Waals surface area contributed by atoms with E-state index in [4.69, 9.17) is 0 Å². The maximum atomic E-state index is 3.51. The molecule has 1 aromatic carbocycles. The Bertz CT molecular complexity index is 305. The first-order valence-corrected chi connectivity index (χ1v) is 5.09. The van der Waals surface area contributed by atoms with Crippen LogP contribution in [0.5, 0.6) is 0 Å². The van der Waals surface area contributed by atoms with Gasteiger partial charge in [0, 0.05) is 11.0 Å². The van der Waals surface area contributed by atoms with Gasteiger partial charge >= 0.3 is 0 Å². The third-order valence-electron chi connectivity index (χ3n) is 1.76. The molecule has 0 aliphatic rings. The van der Waals surface area contributed by atoms with Crippen LogP contribution in [0.2, 0.25) is 0 Å². The summed E-state index contributed by atoms with van der Waals surface area (Å²) in [6.45, 7) is 3.05. The molecule has 0 saturated heterocycles. The van der Waals surface area contributed by atoms with Gasteiger partial charge in [-0.2, -0.15) is 0 Å². The maximum Gasteiger partial charge on any atom is 0.0247 e. The smallest absolute Gasteiger partial charge is 0.0247 e. The number of nitrogens with one attached hydrogen (secondary N) is 1. The molecule has 0 aliphatic heterocycles. The fraction of sp³-hybridized carbons (Fsp3) is 0.273. The van der Waals surface area contributed by atoms with Gasteiger partial charge in [0.15, 0.2) is 0 Å². The van der Waals surface area contributed by atoms with E-state index < -0.39 is 0 Å². The molecular weight excluding hydrogens is 226 g/mol. The Morgan fingerprint density at radius 3 is 2.77 bits per heavy atom. The highest BCUT2D eigenvalue weighted by molar-refractivity contribution is 9.10. The van der Waals surface area contributed by atoms with E-state index in [0.29, 0.717) is 0 Å². The highest BCUT2D eigenvalue weighted by Crippen LogP contribution is 2.18. The van der Waals surface area contributed by atoms with Crippen molar-refractivity contribution in [3.8, 4) is 0 Å². The Morgan fingerprint density at radius 1 is 1.46 bits per heavy atom. The van der Waals surface area contributed by atoms with Crippen LogP contribution in [0, 0.1) is 0 Å². The van der Waals surface area contributed by atoms with E-state index in [2.05, 4.69) is 46.4 Å². The second-order valence-electron chi connectivity index (χ2n) is 3.04. The molecule has 0 atom stereocenters. The van der Waals surface area contributed by atoms with Gasteiger partial charge in [-0.05, 0) is 25.6 Å². The zero-order valence-electron chi connectivity index (χ0n) is 7.97. The summed E-state index contributed by atoms with van der Waals surface area (Å²) in [6.07, 6.45) is 2.18. The molecule has 1 aromatic rings. The molecule has 70 valence electrons. The normalized spacial score (nSPS) is 11.8. The molecule has 0 bridgehead atoms. The van der Waals surface area contributed by atoms with Gasteiger partial charge in [-0.25, -0.2) is 0 Å². The zero-order chi connectivity index (χ0) is 9.68. The maximum absolute atomic E-state index is 3.51. The monoisotopic (exact) mass is 239 g/mol. The van der Waals surface area contributed by atoms with Gasteiger partial charge in [-0.1, -0.05) is 45.8 Å². The second kappa shape index (κ2) is 5.20. The van der Waals surface area contributed by atoms with Crippen LogP contribution >= 0.6 is 15.9 Å². The lowest BCUT2D eigenvalue weighted by Gasteiger charge is -2.01. The van der Waals surface area contributed by atoms with Crippen molar-refractivity contribution in [3.63, 3.8) is 0 Å². The molecule has 1 nitrogen and oxygen atoms in total. The first kappa shape index (κ1) is 10.5. The van der Waals surface area contributed by atoms with Crippen LogP contribution in [0.1, 0.15) is 12.5 Å². The topological polar surface area (TPSA) is 12.0 Å². The summed E-state index contributed by atoms with van der Waals surface area (Å²) in [7, 11) is 1.96. The molecule has 0 heterocycles. The quantitative estimate of drug-likeness (QED) is 0.856. The van der Waals surface area contributed by atoms with E-state index >= 15 is 0 Å². The van der Waals surface area contributed by atoms with E-state index in [9.17, 15) is 0 Å². The van der Waals surface area contributed by atoms with E-state index in [-0.39, 0.29) is 0 Å². The third-order valence-corrected chi connectivity index (χ3v) is 2.48. The summed E-state index contributed by atoms with van der Waals surface area (Å²) in [5.41, 5.74) is 2.56. The van der Waals surface area contributed by atoms with Gasteiger partial charge in [-0.15, -0.1) is 0 Å². The fourth-order valence-corrected chi connectivity index (χ4v) is 1.59. The van der Waals surface area contributed by atoms with Crippen LogP contribution in [-0.4, -0.2) is 13.6 Å². The molecule has 1 N–H and O–H groups in total. The van der Waals surface area contributed by atoms with Crippen molar-refractivity contribution in [2.45, 2.75) is 6.92 Å². The summed E-state index contributed by atoms with van der Waals surface area (Å²) in [5.74, 6) is 0. The predicted octanol–water partition coefficient (Wildman–Crippen LogP) is 3.07. The Labute approximate surface area is 88.0 Å². The highest BCUT2D eigenvalue weighted by atomic mass is 79.9. The molecular formula is C11H14BrN. The van der Waals surface area contributed by atoms with Gasteiger partial charge in [0.1, 0.15) is 0 Å². The molecule has 0 amide bonds. The van der Waals surface area contributed by atoms with E-state index in [0.717, 1.165) is 11.0 Å². The minimum Gasteiger partial charge on any atom is -0.316 e. The summed E-state index contributed by atoms with van der Waals surface area (Å²) in [4.78, 5) is 0. The molecule has 0 fully saturated rings. The van der Waals surface area contributed by atoms with Gasteiger partial charge in [-0.3, -0.25) is 0 Å².